The van der Waals surface area contributed by atoms with Crippen LogP contribution in [-0.2, 0) is 6.42 Å². The van der Waals surface area contributed by atoms with Crippen molar-refractivity contribution in [3.8, 4) is 0 Å². The summed E-state index contributed by atoms with van der Waals surface area (Å²) in [5.74, 6) is -0.0903. The summed E-state index contributed by atoms with van der Waals surface area (Å²) in [7, 11) is 0. The summed E-state index contributed by atoms with van der Waals surface area (Å²) < 4.78 is 13.6. The van der Waals surface area contributed by atoms with E-state index in [1.807, 2.05) is 30.3 Å². The molecule has 2 aromatic carbocycles. The molecule has 1 nitrogen and oxygen atoms in total. The van der Waals surface area contributed by atoms with Crippen LogP contribution in [0, 0.1) is 5.82 Å². The number of hydrogen-bond donors (Lipinski definition) is 1. The van der Waals surface area contributed by atoms with E-state index in [1.54, 1.807) is 12.1 Å². The molecule has 1 aliphatic rings. The molecule has 0 bridgehead atoms. The number of halogens is 1. The lowest BCUT2D eigenvalue weighted by Gasteiger charge is -2.17. The molecule has 102 valence electrons. The van der Waals surface area contributed by atoms with Gasteiger partial charge >= 0.3 is 0 Å². The highest BCUT2D eigenvalue weighted by Crippen LogP contribution is 2.39. The Labute approximate surface area is 118 Å². The number of aliphatic hydroxyl groups excluding tert-OH is 1. The fourth-order valence-corrected chi connectivity index (χ4v) is 3.09. The number of allylic oxidation sites excluding steroid dienone is 1. The second-order valence-corrected chi connectivity index (χ2v) is 5.30. The molecule has 2 atom stereocenters. The molecule has 0 amide bonds. The second kappa shape index (κ2) is 5.22. The highest BCUT2D eigenvalue weighted by molar-refractivity contribution is 5.45. The Morgan fingerprint density at radius 2 is 1.95 bits per heavy atom. The summed E-state index contributed by atoms with van der Waals surface area (Å²) in [6.45, 7) is 3.80. The third-order valence-electron chi connectivity index (χ3n) is 4.05. The molecule has 1 aliphatic carbocycles. The minimum absolute atomic E-state index is 0.163. The molecule has 0 fully saturated rings. The summed E-state index contributed by atoms with van der Waals surface area (Å²) in [5.41, 5.74) is 3.76. The van der Waals surface area contributed by atoms with Gasteiger partial charge in [0.25, 0.3) is 0 Å². The maximum atomic E-state index is 13.6. The number of benzene rings is 2. The molecule has 0 aliphatic heterocycles. The molecular formula is C18H17FO. The smallest absolute Gasteiger partial charge is 0.123 e. The van der Waals surface area contributed by atoms with Crippen LogP contribution in [0.5, 0.6) is 0 Å². The monoisotopic (exact) mass is 268 g/mol. The Bertz CT molecular complexity index is 648. The summed E-state index contributed by atoms with van der Waals surface area (Å²) in [6, 6.07) is 12.6. The molecule has 0 saturated carbocycles. The average molecular weight is 268 g/mol. The third kappa shape index (κ3) is 2.16. The molecule has 0 spiro atoms. The van der Waals surface area contributed by atoms with Gasteiger partial charge in [0.1, 0.15) is 11.9 Å². The van der Waals surface area contributed by atoms with Crippen LogP contribution < -0.4 is 0 Å². The van der Waals surface area contributed by atoms with Gasteiger partial charge in [0.15, 0.2) is 0 Å². The lowest BCUT2D eigenvalue weighted by atomic mass is 9.88. The number of aliphatic hydroxyl groups is 1. The predicted octanol–water partition coefficient (Wildman–Crippen LogP) is 4.12. The highest BCUT2D eigenvalue weighted by atomic mass is 19.1. The van der Waals surface area contributed by atoms with Crippen molar-refractivity contribution in [1.82, 2.24) is 0 Å². The van der Waals surface area contributed by atoms with Gasteiger partial charge in [-0.05, 0) is 53.1 Å². The van der Waals surface area contributed by atoms with Crippen molar-refractivity contribution < 1.29 is 9.50 Å². The van der Waals surface area contributed by atoms with Crippen LogP contribution in [0.2, 0.25) is 0 Å². The van der Waals surface area contributed by atoms with Gasteiger partial charge in [0.05, 0.1) is 0 Å². The Balaban J connectivity index is 2.20. The molecule has 0 radical (unpaired) electrons. The van der Waals surface area contributed by atoms with Gasteiger partial charge in [-0.1, -0.05) is 36.4 Å². The van der Waals surface area contributed by atoms with E-state index in [-0.39, 0.29) is 11.7 Å². The number of fused-ring (bicyclic) bond motifs is 2. The number of rotatable bonds is 2. The Morgan fingerprint density at radius 1 is 1.15 bits per heavy atom. The lowest BCUT2D eigenvalue weighted by Crippen LogP contribution is -2.05. The molecule has 0 saturated heterocycles. The largest absolute Gasteiger partial charge is 0.384 e. The Kier molecular flexibility index (Phi) is 3.41. The highest BCUT2D eigenvalue weighted by Gasteiger charge is 2.27. The molecule has 20 heavy (non-hydrogen) atoms. The minimum atomic E-state index is -0.684. The van der Waals surface area contributed by atoms with Crippen LogP contribution in [0.4, 0.5) is 4.39 Å². The van der Waals surface area contributed by atoms with E-state index in [1.165, 1.54) is 6.07 Å². The van der Waals surface area contributed by atoms with E-state index < -0.39 is 6.10 Å². The SMILES string of the molecule is C=CC[C@@H]1Cc2ccccc2[C@@H](O)c2ccc(F)cc21. The number of hydrogen-bond acceptors (Lipinski definition) is 1. The molecule has 1 N–H and O–H groups in total. The zero-order chi connectivity index (χ0) is 14.1. The van der Waals surface area contributed by atoms with E-state index in [4.69, 9.17) is 0 Å². The van der Waals surface area contributed by atoms with E-state index in [0.717, 1.165) is 35.1 Å². The van der Waals surface area contributed by atoms with Crippen molar-refractivity contribution in [3.05, 3.63) is 83.2 Å². The first-order valence-electron chi connectivity index (χ1n) is 6.87. The van der Waals surface area contributed by atoms with Crippen LogP contribution in [-0.4, -0.2) is 5.11 Å². The third-order valence-corrected chi connectivity index (χ3v) is 4.05. The topological polar surface area (TPSA) is 20.2 Å². The van der Waals surface area contributed by atoms with Gasteiger partial charge in [-0.25, -0.2) is 4.39 Å². The van der Waals surface area contributed by atoms with Crippen LogP contribution in [0.3, 0.4) is 0 Å². The van der Waals surface area contributed by atoms with E-state index in [2.05, 4.69) is 6.58 Å². The van der Waals surface area contributed by atoms with Crippen molar-refractivity contribution in [2.75, 3.05) is 0 Å². The summed E-state index contributed by atoms with van der Waals surface area (Å²) >= 11 is 0. The molecule has 0 heterocycles. The first kappa shape index (κ1) is 13.1. The van der Waals surface area contributed by atoms with Crippen molar-refractivity contribution in [2.45, 2.75) is 24.9 Å². The van der Waals surface area contributed by atoms with Gasteiger partial charge < -0.3 is 5.11 Å². The van der Waals surface area contributed by atoms with E-state index >= 15 is 0 Å². The maximum absolute atomic E-state index is 13.6. The van der Waals surface area contributed by atoms with Crippen molar-refractivity contribution in [2.24, 2.45) is 0 Å². The van der Waals surface area contributed by atoms with Crippen LogP contribution >= 0.6 is 0 Å². The maximum Gasteiger partial charge on any atom is 0.123 e. The summed E-state index contributed by atoms with van der Waals surface area (Å²) in [4.78, 5) is 0. The van der Waals surface area contributed by atoms with E-state index in [0.29, 0.717) is 0 Å². The van der Waals surface area contributed by atoms with Gasteiger partial charge in [-0.3, -0.25) is 0 Å². The zero-order valence-electron chi connectivity index (χ0n) is 11.2. The van der Waals surface area contributed by atoms with Gasteiger partial charge in [0.2, 0.25) is 0 Å². The van der Waals surface area contributed by atoms with Crippen molar-refractivity contribution >= 4 is 0 Å². The van der Waals surface area contributed by atoms with Gasteiger partial charge in [0, 0.05) is 0 Å². The van der Waals surface area contributed by atoms with Crippen LogP contribution in [0.25, 0.3) is 0 Å². The normalized spacial score (nSPS) is 20.7. The van der Waals surface area contributed by atoms with Crippen LogP contribution in [0.1, 0.15) is 40.7 Å². The van der Waals surface area contributed by atoms with Gasteiger partial charge in [-0.15, -0.1) is 6.58 Å². The minimum Gasteiger partial charge on any atom is -0.384 e. The molecule has 2 heteroatoms. The summed E-state index contributed by atoms with van der Waals surface area (Å²) in [6.07, 6.45) is 2.75. The zero-order valence-corrected chi connectivity index (χ0v) is 11.2. The van der Waals surface area contributed by atoms with Crippen LogP contribution in [0.15, 0.2) is 55.1 Å². The quantitative estimate of drug-likeness (QED) is 0.812. The van der Waals surface area contributed by atoms with Crippen molar-refractivity contribution in [1.29, 1.82) is 0 Å². The standard InChI is InChI=1S/C18H17FO/c1-2-5-12-10-13-6-3-4-7-15(13)18(20)16-9-8-14(19)11-17(12)16/h2-4,6-9,11-12,18,20H,1,5,10H2/t12-,18-/m1/s1. The van der Waals surface area contributed by atoms with E-state index in [9.17, 15) is 9.50 Å². The fourth-order valence-electron chi connectivity index (χ4n) is 3.09. The average Bonchev–Trinajstić information content (AvgIpc) is 2.56. The first-order chi connectivity index (χ1) is 9.70. The Hall–Kier alpha value is -1.93. The predicted molar refractivity (Wildman–Crippen MR) is 78.2 cm³/mol. The fraction of sp³-hybridized carbons (Fsp3) is 0.222. The second-order valence-electron chi connectivity index (χ2n) is 5.30. The molecule has 0 aromatic heterocycles. The van der Waals surface area contributed by atoms with Gasteiger partial charge in [-0.2, -0.15) is 0 Å². The molecule has 2 aromatic rings. The Morgan fingerprint density at radius 3 is 2.75 bits per heavy atom. The molecule has 3 rings (SSSR count). The lowest BCUT2D eigenvalue weighted by molar-refractivity contribution is 0.219. The molecular weight excluding hydrogens is 251 g/mol. The molecule has 0 unspecified atom stereocenters. The van der Waals surface area contributed by atoms with Crippen molar-refractivity contribution in [3.63, 3.8) is 0 Å². The summed E-state index contributed by atoms with van der Waals surface area (Å²) in [5, 5.41) is 10.6. The first-order valence-corrected chi connectivity index (χ1v) is 6.87.